The van der Waals surface area contributed by atoms with Crippen LogP contribution in [0.25, 0.3) is 0 Å². The molecule has 0 radical (unpaired) electrons. The van der Waals surface area contributed by atoms with Crippen LogP contribution in [-0.2, 0) is 61.3 Å². The number of ether oxygens (including phenoxy) is 12. The minimum absolute atomic E-state index is 0.516. The van der Waals surface area contributed by atoms with E-state index in [0.717, 1.165) is 13.0 Å². The van der Waals surface area contributed by atoms with Crippen molar-refractivity contribution < 1.29 is 61.3 Å². The Balaban J connectivity index is 3.05. The maximum absolute atomic E-state index is 5.72. The first-order valence-electron chi connectivity index (χ1n) is 17.6. The van der Waals surface area contributed by atoms with Crippen molar-refractivity contribution in [3.8, 4) is 0 Å². The van der Waals surface area contributed by atoms with Crippen LogP contribution >= 0.6 is 0 Å². The second-order valence-corrected chi connectivity index (χ2v) is 15.9. The fourth-order valence-electron chi connectivity index (χ4n) is 3.56. The highest BCUT2D eigenvalue weighted by Gasteiger charge is 2.13. The molecule has 0 aromatic rings. The molecule has 284 valence electrons. The lowest BCUT2D eigenvalue weighted by molar-refractivity contribution is -0.0285. The van der Waals surface area contributed by atoms with Crippen molar-refractivity contribution in [2.45, 2.75) is 52.2 Å². The lowest BCUT2D eigenvalue weighted by Gasteiger charge is -2.16. The molecular weight excluding hydrogens is 632 g/mol. The zero-order chi connectivity index (χ0) is 34.2. The van der Waals surface area contributed by atoms with E-state index < -0.39 is 8.32 Å². The summed E-state index contributed by atoms with van der Waals surface area (Å²) in [4.78, 5) is 0. The van der Waals surface area contributed by atoms with Crippen LogP contribution in [0.5, 0.6) is 0 Å². The van der Waals surface area contributed by atoms with Crippen LogP contribution in [0.4, 0.5) is 0 Å². The van der Waals surface area contributed by atoms with Gasteiger partial charge in [-0.05, 0) is 26.1 Å². The fourth-order valence-corrected chi connectivity index (χ4v) is 4.25. The molecule has 0 amide bonds. The van der Waals surface area contributed by atoms with E-state index in [0.29, 0.717) is 159 Å². The van der Waals surface area contributed by atoms with Gasteiger partial charge in [-0.15, -0.1) is 0 Å². The smallest absolute Gasteiger partial charge is 0.183 e. The maximum atomic E-state index is 5.72. The lowest BCUT2D eigenvalue weighted by Crippen LogP contribution is -2.27. The van der Waals surface area contributed by atoms with Gasteiger partial charge in [0, 0.05) is 6.61 Å². The van der Waals surface area contributed by atoms with Gasteiger partial charge in [0.15, 0.2) is 8.32 Å². The van der Waals surface area contributed by atoms with Gasteiger partial charge in [0.25, 0.3) is 0 Å². The van der Waals surface area contributed by atoms with E-state index >= 15 is 0 Å². The third-order valence-electron chi connectivity index (χ3n) is 6.00. The third-order valence-corrected chi connectivity index (χ3v) is 7.07. The maximum Gasteiger partial charge on any atom is 0.183 e. The van der Waals surface area contributed by atoms with Gasteiger partial charge in [-0.1, -0.05) is 26.2 Å². The lowest BCUT2D eigenvalue weighted by atomic mass is 10.2. The molecule has 0 aromatic heterocycles. The van der Waals surface area contributed by atoms with Gasteiger partial charge in [0.05, 0.1) is 159 Å². The molecule has 0 saturated heterocycles. The first-order valence-corrected chi connectivity index (χ1v) is 21.0. The number of hydrogen-bond donors (Lipinski definition) is 0. The van der Waals surface area contributed by atoms with Gasteiger partial charge in [-0.2, -0.15) is 0 Å². The summed E-state index contributed by atoms with van der Waals surface area (Å²) in [6, 6.07) is 0. The molecule has 0 rings (SSSR count). The van der Waals surface area contributed by atoms with Crippen LogP contribution in [0.15, 0.2) is 0 Å². The Kier molecular flexibility index (Phi) is 39.9. The number of hydrogen-bond acceptors (Lipinski definition) is 13. The molecule has 0 unspecified atom stereocenters. The molecule has 0 atom stereocenters. The van der Waals surface area contributed by atoms with Crippen LogP contribution in [-0.4, -0.2) is 173 Å². The number of unbranched alkanes of at least 4 members (excludes halogenated alkanes) is 3. The molecule has 0 aliphatic carbocycles. The summed E-state index contributed by atoms with van der Waals surface area (Å²) in [7, 11) is -1.45. The Hall–Kier alpha value is -0.303. The van der Waals surface area contributed by atoms with Gasteiger partial charge in [0.1, 0.15) is 0 Å². The Morgan fingerprint density at radius 2 is 0.468 bits per heavy atom. The van der Waals surface area contributed by atoms with Crippen LogP contribution in [0.3, 0.4) is 0 Å². The van der Waals surface area contributed by atoms with E-state index in [9.17, 15) is 0 Å². The standard InChI is InChI=1S/C33H70O13Si/c1-5-6-7-8-9-34-10-11-35-12-13-36-14-15-37-16-17-38-18-19-39-20-21-40-22-23-41-24-25-42-26-27-43-28-29-44-30-31-45-32-33-46-47(2,3)4/h5-33H2,1-4H3. The second-order valence-electron chi connectivity index (χ2n) is 11.4. The van der Waals surface area contributed by atoms with Crippen molar-refractivity contribution in [2.75, 3.05) is 165 Å². The largest absolute Gasteiger partial charge is 0.415 e. The molecule has 0 aliphatic rings. The second kappa shape index (κ2) is 40.1. The molecule has 0 N–H and O–H groups in total. The molecule has 0 aliphatic heterocycles. The summed E-state index contributed by atoms with van der Waals surface area (Å²) < 4.78 is 71.6. The van der Waals surface area contributed by atoms with Crippen molar-refractivity contribution >= 4 is 8.32 Å². The first kappa shape index (κ1) is 46.7. The zero-order valence-electron chi connectivity index (χ0n) is 30.3. The minimum Gasteiger partial charge on any atom is -0.415 e. The molecule has 0 aromatic carbocycles. The van der Waals surface area contributed by atoms with E-state index in [2.05, 4.69) is 26.6 Å². The van der Waals surface area contributed by atoms with Crippen molar-refractivity contribution in [1.82, 2.24) is 0 Å². The first-order chi connectivity index (χ1) is 23.1. The van der Waals surface area contributed by atoms with Gasteiger partial charge in [-0.25, -0.2) is 0 Å². The Bertz CT molecular complexity index is 573. The summed E-state index contributed by atoms with van der Waals surface area (Å²) in [6.45, 7) is 22.7. The zero-order valence-corrected chi connectivity index (χ0v) is 31.3. The van der Waals surface area contributed by atoms with E-state index in [4.69, 9.17) is 61.3 Å². The quantitative estimate of drug-likeness (QED) is 0.0681. The summed E-state index contributed by atoms with van der Waals surface area (Å²) in [5.41, 5.74) is 0. The molecular formula is C33H70O13Si. The van der Waals surface area contributed by atoms with Crippen molar-refractivity contribution in [1.29, 1.82) is 0 Å². The van der Waals surface area contributed by atoms with E-state index in [1.54, 1.807) is 0 Å². The van der Waals surface area contributed by atoms with Crippen molar-refractivity contribution in [3.63, 3.8) is 0 Å². The molecule has 47 heavy (non-hydrogen) atoms. The Morgan fingerprint density at radius 1 is 0.255 bits per heavy atom. The van der Waals surface area contributed by atoms with E-state index in [1.807, 2.05) is 0 Å². The highest BCUT2D eigenvalue weighted by atomic mass is 28.4. The highest BCUT2D eigenvalue weighted by molar-refractivity contribution is 6.69. The minimum atomic E-state index is -1.45. The SMILES string of the molecule is CCCCCCOCCOCCOCCOCCOCCOCCOCCOCCOCCOCCOCCOCCO[Si](C)(C)C. The average Bonchev–Trinajstić information content (AvgIpc) is 3.05. The molecule has 0 fully saturated rings. The monoisotopic (exact) mass is 702 g/mol. The van der Waals surface area contributed by atoms with Gasteiger partial charge >= 0.3 is 0 Å². The summed E-state index contributed by atoms with van der Waals surface area (Å²) in [5, 5.41) is 0. The normalized spacial score (nSPS) is 12.0. The molecule has 0 bridgehead atoms. The average molecular weight is 703 g/mol. The van der Waals surface area contributed by atoms with Crippen LogP contribution in [0.2, 0.25) is 19.6 Å². The van der Waals surface area contributed by atoms with Crippen molar-refractivity contribution in [2.24, 2.45) is 0 Å². The third kappa shape index (κ3) is 45.7. The van der Waals surface area contributed by atoms with E-state index in [-0.39, 0.29) is 0 Å². The molecule has 0 saturated carbocycles. The van der Waals surface area contributed by atoms with Gasteiger partial charge < -0.3 is 61.3 Å². The molecule has 0 heterocycles. The van der Waals surface area contributed by atoms with Crippen LogP contribution < -0.4 is 0 Å². The van der Waals surface area contributed by atoms with Crippen LogP contribution in [0, 0.1) is 0 Å². The summed E-state index contributed by atoms with van der Waals surface area (Å²) in [6.07, 6.45) is 4.90. The van der Waals surface area contributed by atoms with Gasteiger partial charge in [0.2, 0.25) is 0 Å². The van der Waals surface area contributed by atoms with Crippen molar-refractivity contribution in [3.05, 3.63) is 0 Å². The molecule has 14 heteroatoms. The Labute approximate surface area is 286 Å². The molecule has 13 nitrogen and oxygen atoms in total. The van der Waals surface area contributed by atoms with Crippen LogP contribution in [0.1, 0.15) is 32.6 Å². The topological polar surface area (TPSA) is 120 Å². The van der Waals surface area contributed by atoms with E-state index in [1.165, 1.54) is 19.3 Å². The fraction of sp³-hybridized carbons (Fsp3) is 1.00. The predicted octanol–water partition coefficient (Wildman–Crippen LogP) is 3.62. The number of rotatable bonds is 42. The predicted molar refractivity (Wildman–Crippen MR) is 183 cm³/mol. The van der Waals surface area contributed by atoms with Gasteiger partial charge in [-0.3, -0.25) is 0 Å². The summed E-state index contributed by atoms with van der Waals surface area (Å²) >= 11 is 0. The Morgan fingerprint density at radius 3 is 0.681 bits per heavy atom. The molecule has 0 spiro atoms. The highest BCUT2D eigenvalue weighted by Crippen LogP contribution is 2.01. The summed E-state index contributed by atoms with van der Waals surface area (Å²) in [5.74, 6) is 0.